The number of urea groups is 1. The van der Waals surface area contributed by atoms with Crippen LogP contribution in [0.1, 0.15) is 39.2 Å². The SMILES string of the molecule is COC(=O)C(Cc1ccccc1)NP(=O)(OC)OCC1CCC(N2C(=O)NC(=O)C(C)(C)C2C)O1. The van der Waals surface area contributed by atoms with Crippen LogP contribution in [0, 0.1) is 5.41 Å². The van der Waals surface area contributed by atoms with Crippen molar-refractivity contribution in [2.75, 3.05) is 20.8 Å². The monoisotopic (exact) mass is 511 g/mol. The van der Waals surface area contributed by atoms with Gasteiger partial charge in [-0.1, -0.05) is 30.3 Å². The molecule has 3 rings (SSSR count). The summed E-state index contributed by atoms with van der Waals surface area (Å²) >= 11 is 0. The fourth-order valence-corrected chi connectivity index (χ4v) is 5.35. The quantitative estimate of drug-likeness (QED) is 0.359. The molecular weight excluding hydrogens is 477 g/mol. The molecular formula is C23H34N3O8P. The number of hydrogen-bond acceptors (Lipinski definition) is 8. The number of methoxy groups -OCH3 is 1. The van der Waals surface area contributed by atoms with Crippen LogP contribution in [0.15, 0.2) is 30.3 Å². The minimum Gasteiger partial charge on any atom is -0.468 e. The lowest BCUT2D eigenvalue weighted by Crippen LogP contribution is -2.65. The molecule has 2 aliphatic heterocycles. The normalized spacial score (nSPS) is 26.7. The van der Waals surface area contributed by atoms with Gasteiger partial charge in [-0.15, -0.1) is 0 Å². The molecule has 0 aromatic heterocycles. The summed E-state index contributed by atoms with van der Waals surface area (Å²) in [5.74, 6) is -0.930. The second kappa shape index (κ2) is 11.2. The molecule has 2 aliphatic rings. The van der Waals surface area contributed by atoms with Crippen LogP contribution in [0.2, 0.25) is 0 Å². The third-order valence-corrected chi connectivity index (χ3v) is 8.25. The molecule has 0 radical (unpaired) electrons. The zero-order valence-electron chi connectivity index (χ0n) is 20.7. The van der Waals surface area contributed by atoms with Gasteiger partial charge in [0, 0.05) is 13.2 Å². The Labute approximate surface area is 205 Å². The van der Waals surface area contributed by atoms with Crippen LogP contribution < -0.4 is 10.4 Å². The van der Waals surface area contributed by atoms with Crippen molar-refractivity contribution in [2.24, 2.45) is 5.41 Å². The fourth-order valence-electron chi connectivity index (χ4n) is 4.12. The maximum atomic E-state index is 13.2. The molecule has 2 fully saturated rings. The second-order valence-electron chi connectivity index (χ2n) is 9.22. The molecule has 1 aromatic rings. The zero-order chi connectivity index (χ0) is 25.8. The van der Waals surface area contributed by atoms with Crippen molar-refractivity contribution in [1.82, 2.24) is 15.3 Å². The highest BCUT2D eigenvalue weighted by Gasteiger charge is 2.49. The van der Waals surface area contributed by atoms with Crippen molar-refractivity contribution in [2.45, 2.75) is 64.4 Å². The van der Waals surface area contributed by atoms with Crippen molar-refractivity contribution in [3.63, 3.8) is 0 Å². The van der Waals surface area contributed by atoms with Crippen LogP contribution in [-0.4, -0.2) is 68.0 Å². The van der Waals surface area contributed by atoms with Gasteiger partial charge in [0.15, 0.2) is 0 Å². The van der Waals surface area contributed by atoms with Crippen LogP contribution in [0.5, 0.6) is 0 Å². The third kappa shape index (κ3) is 6.29. The molecule has 0 bridgehead atoms. The Morgan fingerprint density at radius 3 is 2.57 bits per heavy atom. The number of hydrogen-bond donors (Lipinski definition) is 2. The molecule has 0 aliphatic carbocycles. The van der Waals surface area contributed by atoms with Gasteiger partial charge in [-0.3, -0.25) is 24.3 Å². The van der Waals surface area contributed by atoms with Crippen LogP contribution in [0.4, 0.5) is 4.79 Å². The van der Waals surface area contributed by atoms with Gasteiger partial charge in [-0.2, -0.15) is 0 Å². The summed E-state index contributed by atoms with van der Waals surface area (Å²) in [4.78, 5) is 38.5. The fraction of sp³-hybridized carbons (Fsp3) is 0.609. The molecule has 12 heteroatoms. The van der Waals surface area contributed by atoms with E-state index in [0.29, 0.717) is 12.8 Å². The van der Waals surface area contributed by atoms with Gasteiger partial charge in [-0.05, 0) is 45.6 Å². The van der Waals surface area contributed by atoms with Crippen LogP contribution in [0.3, 0.4) is 0 Å². The lowest BCUT2D eigenvalue weighted by atomic mass is 9.81. The highest BCUT2D eigenvalue weighted by molar-refractivity contribution is 7.51. The number of carbonyl (C=O) groups excluding carboxylic acids is 3. The molecule has 194 valence electrons. The number of amides is 3. The highest BCUT2D eigenvalue weighted by Crippen LogP contribution is 2.44. The van der Waals surface area contributed by atoms with E-state index in [1.165, 1.54) is 19.1 Å². The Bertz CT molecular complexity index is 973. The number of imide groups is 1. The Hall–Kier alpha value is -2.30. The molecule has 0 saturated carbocycles. The summed E-state index contributed by atoms with van der Waals surface area (Å²) in [5.41, 5.74) is 0.0683. The van der Waals surface area contributed by atoms with Crippen LogP contribution in [0.25, 0.3) is 0 Å². The summed E-state index contributed by atoms with van der Waals surface area (Å²) in [5, 5.41) is 5.06. The van der Waals surface area contributed by atoms with E-state index >= 15 is 0 Å². The molecule has 2 N–H and O–H groups in total. The van der Waals surface area contributed by atoms with Gasteiger partial charge in [0.05, 0.1) is 25.2 Å². The minimum atomic E-state index is -3.89. The topological polar surface area (TPSA) is 132 Å². The first kappa shape index (κ1) is 27.3. The number of ether oxygens (including phenoxy) is 2. The number of carbonyl (C=O) groups is 3. The number of nitrogens with one attached hydrogen (secondary N) is 2. The summed E-state index contributed by atoms with van der Waals surface area (Å²) < 4.78 is 34.8. The molecule has 11 nitrogen and oxygen atoms in total. The number of benzene rings is 1. The Balaban J connectivity index is 1.61. The van der Waals surface area contributed by atoms with Crippen molar-refractivity contribution in [3.05, 3.63) is 35.9 Å². The highest BCUT2D eigenvalue weighted by atomic mass is 31.2. The van der Waals surface area contributed by atoms with E-state index in [4.69, 9.17) is 18.5 Å². The lowest BCUT2D eigenvalue weighted by molar-refractivity contribution is -0.142. The van der Waals surface area contributed by atoms with E-state index in [0.717, 1.165) is 5.56 Å². The zero-order valence-corrected chi connectivity index (χ0v) is 21.6. The first-order chi connectivity index (χ1) is 16.5. The van der Waals surface area contributed by atoms with Gasteiger partial charge < -0.3 is 14.0 Å². The Morgan fingerprint density at radius 2 is 1.94 bits per heavy atom. The molecule has 1 aromatic carbocycles. The number of esters is 1. The molecule has 2 heterocycles. The van der Waals surface area contributed by atoms with E-state index < -0.39 is 43.5 Å². The standard InChI is InChI=1S/C23H34N3O8P/c1-15-23(2,3)21(28)24-22(29)26(15)19-12-11-17(34-19)14-33-35(30,32-5)25-18(20(27)31-4)13-16-9-7-6-8-10-16/h6-10,15,17-19H,11-14H2,1-5H3,(H,25,30)(H,24,28,29). The molecule has 5 atom stereocenters. The van der Waals surface area contributed by atoms with E-state index in [9.17, 15) is 18.9 Å². The van der Waals surface area contributed by atoms with Gasteiger partial charge in [0.1, 0.15) is 12.3 Å². The lowest BCUT2D eigenvalue weighted by Gasteiger charge is -2.45. The van der Waals surface area contributed by atoms with E-state index in [1.807, 2.05) is 37.3 Å². The van der Waals surface area contributed by atoms with Gasteiger partial charge in [0.25, 0.3) is 0 Å². The molecule has 0 spiro atoms. The van der Waals surface area contributed by atoms with Crippen molar-refractivity contribution >= 4 is 25.7 Å². The van der Waals surface area contributed by atoms with E-state index in [2.05, 4.69) is 10.4 Å². The van der Waals surface area contributed by atoms with Crippen molar-refractivity contribution in [3.8, 4) is 0 Å². The molecule has 2 saturated heterocycles. The van der Waals surface area contributed by atoms with E-state index in [-0.39, 0.29) is 25.0 Å². The van der Waals surface area contributed by atoms with Crippen LogP contribution in [-0.2, 0) is 39.1 Å². The molecule has 35 heavy (non-hydrogen) atoms. The largest absolute Gasteiger partial charge is 0.468 e. The van der Waals surface area contributed by atoms with E-state index in [1.54, 1.807) is 13.8 Å². The van der Waals surface area contributed by atoms with Crippen LogP contribution >= 0.6 is 7.75 Å². The van der Waals surface area contributed by atoms with Crippen molar-refractivity contribution in [1.29, 1.82) is 0 Å². The van der Waals surface area contributed by atoms with Gasteiger partial charge >= 0.3 is 19.7 Å². The number of nitrogens with zero attached hydrogens (tertiary/aromatic N) is 1. The Morgan fingerprint density at radius 1 is 1.26 bits per heavy atom. The summed E-state index contributed by atoms with van der Waals surface area (Å²) in [6, 6.07) is 7.38. The average Bonchev–Trinajstić information content (AvgIpc) is 3.30. The predicted molar refractivity (Wildman–Crippen MR) is 126 cm³/mol. The summed E-state index contributed by atoms with van der Waals surface area (Å²) in [6.45, 7) is 5.28. The maximum Gasteiger partial charge on any atom is 0.406 e. The minimum absolute atomic E-state index is 0.0833. The van der Waals surface area contributed by atoms with Gasteiger partial charge in [0.2, 0.25) is 5.91 Å². The average molecular weight is 512 g/mol. The number of rotatable bonds is 10. The smallest absolute Gasteiger partial charge is 0.406 e. The summed E-state index contributed by atoms with van der Waals surface area (Å²) in [7, 11) is -1.41. The first-order valence-electron chi connectivity index (χ1n) is 11.5. The van der Waals surface area contributed by atoms with Crippen molar-refractivity contribution < 1.29 is 37.5 Å². The molecule has 3 amide bonds. The maximum absolute atomic E-state index is 13.2. The predicted octanol–water partition coefficient (Wildman–Crippen LogP) is 2.60. The van der Waals surface area contributed by atoms with Gasteiger partial charge in [-0.25, -0.2) is 14.4 Å². The first-order valence-corrected chi connectivity index (χ1v) is 13.0. The second-order valence-corrected chi connectivity index (χ2v) is 11.1. The Kier molecular flexibility index (Phi) is 8.72. The third-order valence-electron chi connectivity index (χ3n) is 6.65. The molecule has 5 unspecified atom stereocenters. The summed E-state index contributed by atoms with van der Waals surface area (Å²) in [6.07, 6.45) is 0.282.